The topological polar surface area (TPSA) is 70.7 Å². The van der Waals surface area contributed by atoms with Crippen LogP contribution in [0, 0.1) is 0 Å². The van der Waals surface area contributed by atoms with Gasteiger partial charge in [-0.3, -0.25) is 9.59 Å². The predicted molar refractivity (Wildman–Crippen MR) is 120 cm³/mol. The van der Waals surface area contributed by atoms with Gasteiger partial charge in [0.25, 0.3) is 5.91 Å². The summed E-state index contributed by atoms with van der Waals surface area (Å²) in [6.07, 6.45) is 4.61. The van der Waals surface area contributed by atoms with Crippen molar-refractivity contribution in [2.45, 2.75) is 45.6 Å². The van der Waals surface area contributed by atoms with E-state index in [1.54, 1.807) is 0 Å². The molecule has 1 saturated heterocycles. The molecule has 1 aliphatic rings. The number of benzene rings is 2. The molecule has 2 N–H and O–H groups in total. The molecule has 160 valence electrons. The molecule has 0 aromatic heterocycles. The summed E-state index contributed by atoms with van der Waals surface area (Å²) >= 11 is 0. The van der Waals surface area contributed by atoms with Gasteiger partial charge in [0.15, 0.2) is 0 Å². The van der Waals surface area contributed by atoms with Gasteiger partial charge in [-0.15, -0.1) is 0 Å². The molecule has 2 amide bonds. The lowest BCUT2D eigenvalue weighted by atomic mass is 10.1. The predicted octanol–water partition coefficient (Wildman–Crippen LogP) is 4.54. The standard InChI is InChI=1S/C24H31N3O3/c1-18(2)30-22-12-10-20(11-13-22)26-23(28)17-25-21-9-7-8-19(16-21)24(29)27-14-5-3-4-6-15-27/h7-13,16,18,25H,3-6,14-15,17H2,1-2H3,(H,26,28). The second-order valence-electron chi connectivity index (χ2n) is 7.88. The number of carbonyl (C=O) groups excluding carboxylic acids is 2. The minimum atomic E-state index is -0.156. The molecule has 0 spiro atoms. The van der Waals surface area contributed by atoms with Crippen molar-refractivity contribution >= 4 is 23.2 Å². The smallest absolute Gasteiger partial charge is 0.253 e. The van der Waals surface area contributed by atoms with E-state index in [4.69, 9.17) is 4.74 Å². The number of ether oxygens (including phenoxy) is 1. The lowest BCUT2D eigenvalue weighted by molar-refractivity contribution is -0.114. The van der Waals surface area contributed by atoms with Crippen LogP contribution in [0.25, 0.3) is 0 Å². The molecule has 0 saturated carbocycles. The highest BCUT2D eigenvalue weighted by atomic mass is 16.5. The van der Waals surface area contributed by atoms with E-state index in [1.807, 2.05) is 67.3 Å². The minimum absolute atomic E-state index is 0.0636. The van der Waals surface area contributed by atoms with E-state index in [2.05, 4.69) is 10.6 Å². The SMILES string of the molecule is CC(C)Oc1ccc(NC(=O)CNc2cccc(C(=O)N3CCCCCC3)c2)cc1. The highest BCUT2D eigenvalue weighted by Gasteiger charge is 2.17. The zero-order chi connectivity index (χ0) is 21.3. The Morgan fingerprint density at radius 3 is 2.33 bits per heavy atom. The molecule has 6 nitrogen and oxygen atoms in total. The average molecular weight is 410 g/mol. The van der Waals surface area contributed by atoms with Crippen LogP contribution in [0.4, 0.5) is 11.4 Å². The lowest BCUT2D eigenvalue weighted by Gasteiger charge is -2.20. The quantitative estimate of drug-likeness (QED) is 0.704. The number of hydrogen-bond acceptors (Lipinski definition) is 4. The normalized spacial score (nSPS) is 14.2. The molecule has 2 aromatic carbocycles. The Balaban J connectivity index is 1.52. The molecule has 0 aliphatic carbocycles. The number of carbonyl (C=O) groups is 2. The van der Waals surface area contributed by atoms with E-state index in [9.17, 15) is 9.59 Å². The van der Waals surface area contributed by atoms with Crippen LogP contribution in [0.3, 0.4) is 0 Å². The van der Waals surface area contributed by atoms with Gasteiger partial charge in [-0.25, -0.2) is 0 Å². The zero-order valence-corrected chi connectivity index (χ0v) is 17.8. The summed E-state index contributed by atoms with van der Waals surface area (Å²) in [5.74, 6) is 0.678. The molecular formula is C24H31N3O3. The Kier molecular flexibility index (Phi) is 7.71. The molecular weight excluding hydrogens is 378 g/mol. The summed E-state index contributed by atoms with van der Waals surface area (Å²) in [6.45, 7) is 5.70. The van der Waals surface area contributed by atoms with E-state index in [0.717, 1.165) is 37.4 Å². The van der Waals surface area contributed by atoms with E-state index < -0.39 is 0 Å². The fraction of sp³-hybridized carbons (Fsp3) is 0.417. The maximum Gasteiger partial charge on any atom is 0.253 e. The van der Waals surface area contributed by atoms with Crippen LogP contribution < -0.4 is 15.4 Å². The molecule has 0 radical (unpaired) electrons. The monoisotopic (exact) mass is 409 g/mol. The van der Waals surface area contributed by atoms with Crippen molar-refractivity contribution in [1.29, 1.82) is 0 Å². The molecule has 1 fully saturated rings. The molecule has 1 aliphatic heterocycles. The molecule has 30 heavy (non-hydrogen) atoms. The van der Waals surface area contributed by atoms with Crippen LogP contribution in [0.1, 0.15) is 49.9 Å². The van der Waals surface area contributed by atoms with Crippen molar-refractivity contribution in [2.24, 2.45) is 0 Å². The van der Waals surface area contributed by atoms with Crippen LogP contribution in [0.5, 0.6) is 5.75 Å². The van der Waals surface area contributed by atoms with Crippen molar-refractivity contribution in [1.82, 2.24) is 4.90 Å². The first-order chi connectivity index (χ1) is 14.5. The lowest BCUT2D eigenvalue weighted by Crippen LogP contribution is -2.31. The third-order valence-electron chi connectivity index (χ3n) is 4.97. The van der Waals surface area contributed by atoms with Gasteiger partial charge in [0.1, 0.15) is 5.75 Å². The summed E-state index contributed by atoms with van der Waals surface area (Å²) in [6, 6.07) is 14.7. The first-order valence-electron chi connectivity index (χ1n) is 10.7. The van der Waals surface area contributed by atoms with Crippen molar-refractivity contribution < 1.29 is 14.3 Å². The molecule has 0 bridgehead atoms. The molecule has 0 atom stereocenters. The Hall–Kier alpha value is -3.02. The van der Waals surface area contributed by atoms with E-state index in [-0.39, 0.29) is 24.5 Å². The van der Waals surface area contributed by atoms with Gasteiger partial charge < -0.3 is 20.3 Å². The Morgan fingerprint density at radius 2 is 1.67 bits per heavy atom. The number of hydrogen-bond donors (Lipinski definition) is 2. The van der Waals surface area contributed by atoms with Crippen LogP contribution >= 0.6 is 0 Å². The maximum absolute atomic E-state index is 12.8. The number of amides is 2. The van der Waals surface area contributed by atoms with Gasteiger partial charge in [-0.05, 0) is 69.2 Å². The summed E-state index contributed by atoms with van der Waals surface area (Å²) < 4.78 is 5.60. The summed E-state index contributed by atoms with van der Waals surface area (Å²) in [7, 11) is 0. The molecule has 3 rings (SSSR count). The first-order valence-corrected chi connectivity index (χ1v) is 10.7. The van der Waals surface area contributed by atoms with Crippen molar-refractivity contribution in [3.05, 3.63) is 54.1 Å². The molecule has 0 unspecified atom stereocenters. The number of rotatable bonds is 7. The molecule has 1 heterocycles. The average Bonchev–Trinajstić information content (AvgIpc) is 3.02. The van der Waals surface area contributed by atoms with Gasteiger partial charge >= 0.3 is 0 Å². The second kappa shape index (κ2) is 10.7. The van der Waals surface area contributed by atoms with Gasteiger partial charge in [0.05, 0.1) is 12.6 Å². The van der Waals surface area contributed by atoms with Crippen LogP contribution in [-0.4, -0.2) is 42.5 Å². The molecule has 6 heteroatoms. The van der Waals surface area contributed by atoms with Crippen LogP contribution in [0.15, 0.2) is 48.5 Å². The zero-order valence-electron chi connectivity index (χ0n) is 17.8. The fourth-order valence-electron chi connectivity index (χ4n) is 3.50. The van der Waals surface area contributed by atoms with E-state index >= 15 is 0 Å². The van der Waals surface area contributed by atoms with E-state index in [1.165, 1.54) is 12.8 Å². The first kappa shape index (κ1) is 21.7. The Labute approximate surface area is 178 Å². The van der Waals surface area contributed by atoms with Crippen LogP contribution in [0.2, 0.25) is 0 Å². The van der Waals surface area contributed by atoms with Gasteiger partial charge in [-0.2, -0.15) is 0 Å². The highest BCUT2D eigenvalue weighted by molar-refractivity contribution is 5.96. The van der Waals surface area contributed by atoms with Gasteiger partial charge in [-0.1, -0.05) is 18.9 Å². The maximum atomic E-state index is 12.8. The van der Waals surface area contributed by atoms with Crippen molar-refractivity contribution in [2.75, 3.05) is 30.3 Å². The van der Waals surface area contributed by atoms with Crippen molar-refractivity contribution in [3.63, 3.8) is 0 Å². The second-order valence-corrected chi connectivity index (χ2v) is 7.88. The summed E-state index contributed by atoms with van der Waals surface area (Å²) in [5.41, 5.74) is 2.12. The third-order valence-corrected chi connectivity index (χ3v) is 4.97. The number of nitrogens with zero attached hydrogens (tertiary/aromatic N) is 1. The summed E-state index contributed by atoms with van der Waals surface area (Å²) in [4.78, 5) is 27.0. The Bertz CT molecular complexity index is 841. The van der Waals surface area contributed by atoms with Crippen molar-refractivity contribution in [3.8, 4) is 5.75 Å². The minimum Gasteiger partial charge on any atom is -0.491 e. The largest absolute Gasteiger partial charge is 0.491 e. The third kappa shape index (κ3) is 6.51. The van der Waals surface area contributed by atoms with Gasteiger partial charge in [0, 0.05) is 30.0 Å². The van der Waals surface area contributed by atoms with Crippen LogP contribution in [-0.2, 0) is 4.79 Å². The number of nitrogens with one attached hydrogen (secondary N) is 2. The fourth-order valence-corrected chi connectivity index (χ4v) is 3.50. The molecule has 2 aromatic rings. The summed E-state index contributed by atoms with van der Waals surface area (Å²) in [5, 5.41) is 5.96. The number of likely N-dealkylation sites (tertiary alicyclic amines) is 1. The number of anilines is 2. The Morgan fingerprint density at radius 1 is 0.967 bits per heavy atom. The van der Waals surface area contributed by atoms with Gasteiger partial charge in [0.2, 0.25) is 5.91 Å². The highest BCUT2D eigenvalue weighted by Crippen LogP contribution is 2.18. The van der Waals surface area contributed by atoms with E-state index in [0.29, 0.717) is 11.3 Å².